The molecule has 2 N–H and O–H groups in total. The summed E-state index contributed by atoms with van der Waals surface area (Å²) in [5.41, 5.74) is 8.93. The zero-order valence-electron chi connectivity index (χ0n) is 16.5. The summed E-state index contributed by atoms with van der Waals surface area (Å²) in [5.74, 6) is 2.09. The minimum absolute atomic E-state index is 0.387. The maximum absolute atomic E-state index is 6.19. The van der Waals surface area contributed by atoms with E-state index < -0.39 is 0 Å². The lowest BCUT2D eigenvalue weighted by atomic mass is 10.2. The summed E-state index contributed by atoms with van der Waals surface area (Å²) in [4.78, 5) is 11.0. The van der Waals surface area contributed by atoms with Crippen LogP contribution in [-0.2, 0) is 6.54 Å². The van der Waals surface area contributed by atoms with Crippen LogP contribution in [0.1, 0.15) is 5.56 Å². The predicted molar refractivity (Wildman–Crippen MR) is 113 cm³/mol. The third-order valence-corrected chi connectivity index (χ3v) is 4.64. The molecule has 4 rings (SSSR count). The first-order valence-electron chi connectivity index (χ1n) is 9.08. The number of para-hydroxylation sites is 1. The fourth-order valence-corrected chi connectivity index (χ4v) is 3.15. The molecule has 2 aromatic carbocycles. The Labute approximate surface area is 168 Å². The van der Waals surface area contributed by atoms with Gasteiger partial charge < -0.3 is 20.1 Å². The number of anilines is 2. The van der Waals surface area contributed by atoms with Gasteiger partial charge >= 0.3 is 0 Å². The lowest BCUT2D eigenvalue weighted by Crippen LogP contribution is -2.19. The summed E-state index contributed by atoms with van der Waals surface area (Å²) in [5, 5.41) is 5.16. The Bertz CT molecular complexity index is 1140. The van der Waals surface area contributed by atoms with Crippen LogP contribution in [0.2, 0.25) is 0 Å². The number of aromatic nitrogens is 4. The Morgan fingerprint density at radius 3 is 2.48 bits per heavy atom. The van der Waals surface area contributed by atoms with Crippen molar-refractivity contribution in [1.82, 2.24) is 19.7 Å². The number of methoxy groups -OCH3 is 2. The summed E-state index contributed by atoms with van der Waals surface area (Å²) in [7, 11) is 5.09. The maximum atomic E-state index is 6.19. The Morgan fingerprint density at radius 1 is 1.03 bits per heavy atom. The van der Waals surface area contributed by atoms with Gasteiger partial charge in [-0.05, 0) is 18.2 Å². The second-order valence-corrected chi connectivity index (χ2v) is 6.62. The molecular formula is C21H22N6O2. The SMILES string of the molecule is COc1cc2nc(N(C)Cc3cnn(-c4ccccc4)c3)nc(N)c2cc1OC. The van der Waals surface area contributed by atoms with E-state index in [1.807, 2.05) is 59.4 Å². The normalized spacial score (nSPS) is 10.9. The molecule has 0 radical (unpaired) electrons. The molecule has 0 aliphatic heterocycles. The highest BCUT2D eigenvalue weighted by Gasteiger charge is 2.14. The molecule has 0 atom stereocenters. The Kier molecular flexibility index (Phi) is 4.90. The van der Waals surface area contributed by atoms with Gasteiger partial charge in [-0.15, -0.1) is 0 Å². The summed E-state index contributed by atoms with van der Waals surface area (Å²) >= 11 is 0. The third kappa shape index (κ3) is 3.64. The fourth-order valence-electron chi connectivity index (χ4n) is 3.15. The monoisotopic (exact) mass is 390 g/mol. The molecular weight excluding hydrogens is 368 g/mol. The number of fused-ring (bicyclic) bond motifs is 1. The lowest BCUT2D eigenvalue weighted by Gasteiger charge is -2.18. The van der Waals surface area contributed by atoms with Crippen molar-refractivity contribution in [2.45, 2.75) is 6.54 Å². The smallest absolute Gasteiger partial charge is 0.227 e. The first kappa shape index (κ1) is 18.5. The molecule has 0 unspecified atom stereocenters. The van der Waals surface area contributed by atoms with Crippen LogP contribution >= 0.6 is 0 Å². The van der Waals surface area contributed by atoms with E-state index in [1.54, 1.807) is 26.4 Å². The van der Waals surface area contributed by atoms with Gasteiger partial charge in [0, 0.05) is 36.8 Å². The topological polar surface area (TPSA) is 91.3 Å². The van der Waals surface area contributed by atoms with E-state index in [0.29, 0.717) is 35.3 Å². The summed E-state index contributed by atoms with van der Waals surface area (Å²) in [6, 6.07) is 13.6. The average Bonchev–Trinajstić information content (AvgIpc) is 3.21. The number of ether oxygens (including phenoxy) is 2. The molecule has 0 amide bonds. The van der Waals surface area contributed by atoms with Gasteiger partial charge in [0.1, 0.15) is 5.82 Å². The van der Waals surface area contributed by atoms with Crippen molar-refractivity contribution in [2.24, 2.45) is 0 Å². The highest BCUT2D eigenvalue weighted by Crippen LogP contribution is 2.34. The van der Waals surface area contributed by atoms with Crippen molar-refractivity contribution in [2.75, 3.05) is 31.9 Å². The molecule has 0 aliphatic rings. The molecule has 2 heterocycles. The van der Waals surface area contributed by atoms with E-state index in [4.69, 9.17) is 15.2 Å². The van der Waals surface area contributed by atoms with Crippen LogP contribution in [0.15, 0.2) is 54.9 Å². The molecule has 29 heavy (non-hydrogen) atoms. The first-order valence-corrected chi connectivity index (χ1v) is 9.08. The number of nitrogens with two attached hydrogens (primary N) is 1. The number of nitrogens with zero attached hydrogens (tertiary/aromatic N) is 5. The van der Waals surface area contributed by atoms with Crippen molar-refractivity contribution in [3.63, 3.8) is 0 Å². The van der Waals surface area contributed by atoms with Gasteiger partial charge in [-0.25, -0.2) is 9.67 Å². The lowest BCUT2D eigenvalue weighted by molar-refractivity contribution is 0.356. The number of hydrogen-bond acceptors (Lipinski definition) is 7. The fraction of sp³-hybridized carbons (Fsp3) is 0.190. The van der Waals surface area contributed by atoms with Crippen LogP contribution in [-0.4, -0.2) is 41.0 Å². The van der Waals surface area contributed by atoms with Crippen LogP contribution in [0.4, 0.5) is 11.8 Å². The summed E-state index contributed by atoms with van der Waals surface area (Å²) < 4.78 is 12.6. The summed E-state index contributed by atoms with van der Waals surface area (Å²) in [6.07, 6.45) is 3.83. The van der Waals surface area contributed by atoms with Gasteiger partial charge in [0.2, 0.25) is 5.95 Å². The van der Waals surface area contributed by atoms with Crippen molar-refractivity contribution in [3.8, 4) is 17.2 Å². The minimum atomic E-state index is 0.387. The number of benzene rings is 2. The first-order chi connectivity index (χ1) is 14.1. The Balaban J connectivity index is 1.62. The highest BCUT2D eigenvalue weighted by atomic mass is 16.5. The molecule has 0 saturated carbocycles. The third-order valence-electron chi connectivity index (χ3n) is 4.64. The molecule has 0 aliphatic carbocycles. The Morgan fingerprint density at radius 2 is 1.76 bits per heavy atom. The van der Waals surface area contributed by atoms with Gasteiger partial charge in [-0.2, -0.15) is 10.1 Å². The molecule has 8 heteroatoms. The van der Waals surface area contributed by atoms with E-state index in [0.717, 1.165) is 16.6 Å². The highest BCUT2D eigenvalue weighted by molar-refractivity contribution is 5.91. The van der Waals surface area contributed by atoms with Crippen LogP contribution < -0.4 is 20.1 Å². The molecule has 8 nitrogen and oxygen atoms in total. The quantitative estimate of drug-likeness (QED) is 0.541. The van der Waals surface area contributed by atoms with Gasteiger partial charge in [0.15, 0.2) is 11.5 Å². The number of rotatable bonds is 6. The minimum Gasteiger partial charge on any atom is -0.493 e. The maximum Gasteiger partial charge on any atom is 0.227 e. The molecule has 0 spiro atoms. The summed E-state index contributed by atoms with van der Waals surface area (Å²) in [6.45, 7) is 0.588. The van der Waals surface area contributed by atoms with Crippen LogP contribution in [0.5, 0.6) is 11.5 Å². The van der Waals surface area contributed by atoms with Crippen LogP contribution in [0, 0.1) is 0 Å². The Hall–Kier alpha value is -3.81. The van der Waals surface area contributed by atoms with Crippen molar-refractivity contribution < 1.29 is 9.47 Å². The van der Waals surface area contributed by atoms with Gasteiger partial charge in [-0.1, -0.05) is 18.2 Å². The predicted octanol–water partition coefficient (Wildman–Crippen LogP) is 3.05. The van der Waals surface area contributed by atoms with E-state index in [1.165, 1.54) is 0 Å². The molecule has 148 valence electrons. The second-order valence-electron chi connectivity index (χ2n) is 6.62. The largest absolute Gasteiger partial charge is 0.493 e. The standard InChI is InChI=1S/C21H22N6O2/c1-26(12-14-11-23-27(13-14)15-7-5-4-6-8-15)21-24-17-10-19(29-3)18(28-2)9-16(17)20(22)25-21/h4-11,13H,12H2,1-3H3,(H2,22,24,25). The number of hydrogen-bond donors (Lipinski definition) is 1. The molecule has 4 aromatic rings. The van der Waals surface area contributed by atoms with E-state index in [9.17, 15) is 0 Å². The van der Waals surface area contributed by atoms with Gasteiger partial charge in [0.25, 0.3) is 0 Å². The molecule has 2 aromatic heterocycles. The van der Waals surface area contributed by atoms with Gasteiger partial charge in [0.05, 0.1) is 31.6 Å². The van der Waals surface area contributed by atoms with Crippen LogP contribution in [0.25, 0.3) is 16.6 Å². The van der Waals surface area contributed by atoms with Crippen molar-refractivity contribution in [1.29, 1.82) is 0 Å². The zero-order chi connectivity index (χ0) is 20.4. The second kappa shape index (κ2) is 7.67. The van der Waals surface area contributed by atoms with E-state index >= 15 is 0 Å². The van der Waals surface area contributed by atoms with E-state index in [-0.39, 0.29) is 0 Å². The van der Waals surface area contributed by atoms with Crippen LogP contribution in [0.3, 0.4) is 0 Å². The molecule has 0 fully saturated rings. The van der Waals surface area contributed by atoms with Gasteiger partial charge in [-0.3, -0.25) is 0 Å². The molecule has 0 bridgehead atoms. The number of nitrogen functional groups attached to an aromatic ring is 1. The zero-order valence-corrected chi connectivity index (χ0v) is 16.5. The van der Waals surface area contributed by atoms with Crippen molar-refractivity contribution >= 4 is 22.7 Å². The average molecular weight is 390 g/mol. The molecule has 0 saturated heterocycles. The van der Waals surface area contributed by atoms with E-state index in [2.05, 4.69) is 15.1 Å². The van der Waals surface area contributed by atoms with Crippen molar-refractivity contribution in [3.05, 3.63) is 60.4 Å².